The third-order valence-electron chi connectivity index (χ3n) is 14.8. The molecule has 0 aliphatic carbocycles. The van der Waals surface area contributed by atoms with Crippen LogP contribution in [-0.4, -0.2) is 101 Å². The maximum absolute atomic E-state index is 4.91. The summed E-state index contributed by atoms with van der Waals surface area (Å²) in [5.41, 5.74) is 18.9. The van der Waals surface area contributed by atoms with Crippen molar-refractivity contribution < 1.29 is 4.74 Å². The summed E-state index contributed by atoms with van der Waals surface area (Å²) in [6, 6.07) is 71.3. The van der Waals surface area contributed by atoms with Crippen LogP contribution in [0.3, 0.4) is 0 Å². The van der Waals surface area contributed by atoms with Gasteiger partial charge >= 0.3 is 0 Å². The molecule has 13 heteroatoms. The zero-order valence-electron chi connectivity index (χ0n) is 62.1. The quantitative estimate of drug-likeness (QED) is 0.102. The van der Waals surface area contributed by atoms with Gasteiger partial charge in [0.1, 0.15) is 5.75 Å². The molecule has 11 aromatic rings. The fourth-order valence-corrected chi connectivity index (χ4v) is 12.1. The van der Waals surface area contributed by atoms with Gasteiger partial charge in [-0.2, -0.15) is 0 Å². The molecule has 1 aliphatic rings. The molecular formula is C88H122N10OP2. The number of aryl methyl sites for hydroxylation is 10. The third kappa shape index (κ3) is 41.3. The minimum absolute atomic E-state index is 0. The van der Waals surface area contributed by atoms with Crippen LogP contribution in [0.1, 0.15) is 119 Å². The third-order valence-corrected chi connectivity index (χ3v) is 20.2. The van der Waals surface area contributed by atoms with E-state index in [2.05, 4.69) is 214 Å². The summed E-state index contributed by atoms with van der Waals surface area (Å²) in [5, 5.41) is 2.88. The van der Waals surface area contributed by atoms with E-state index in [1.54, 1.807) is 19.5 Å². The number of ether oxygens (including phenoxy) is 1. The summed E-state index contributed by atoms with van der Waals surface area (Å²) in [7, 11) is 5.84. The van der Waals surface area contributed by atoms with Gasteiger partial charge in [-0.05, 0) is 263 Å². The molecule has 12 rings (SSSR count). The zero-order valence-corrected chi connectivity index (χ0v) is 63.9. The second-order valence-corrected chi connectivity index (χ2v) is 29.8. The predicted octanol–water partition coefficient (Wildman–Crippen LogP) is 22.6. The number of methoxy groups -OCH3 is 1. The number of para-hydroxylation sites is 2. The van der Waals surface area contributed by atoms with Gasteiger partial charge in [0.25, 0.3) is 0 Å². The highest BCUT2D eigenvalue weighted by Gasteiger charge is 2.12. The molecule has 1 aliphatic heterocycles. The number of hydrogen-bond donors (Lipinski definition) is 0. The number of aromatic nitrogens is 7. The Morgan fingerprint density at radius 3 is 1.18 bits per heavy atom. The molecule has 540 valence electrons. The number of anilines is 2. The van der Waals surface area contributed by atoms with Crippen molar-refractivity contribution in [3.63, 3.8) is 0 Å². The zero-order chi connectivity index (χ0) is 72.0. The van der Waals surface area contributed by atoms with E-state index in [9.17, 15) is 0 Å². The maximum Gasteiger partial charge on any atom is 0.118 e. The molecule has 0 saturated carbocycles. The standard InChI is InChI=1S/C13H13P.C11H10N2.C10H14N2.C8H12N2.C8H11N.2C7H9N.C7H7N.C7H8O.C7H17P.3CH4/c1-14(12-8-4-2-5-9-12)13-10-6-3-7-11-13;1-9-8-11(4-7-13-9)10-2-5-12-6-3-10;1-9-8-10(4-5-11-9)12-6-2-3-7-12;1-7-6-8(10(2)3)4-5-9-7;1-6-4-7(2)9-8(3)5-6;1-6-3-4-8-7(2)5-6;1-6-4-3-5-7(2)8-6;2*1-8-7-5-3-2-4-6-7;1-6(2)8(5)7(3)4;;;/h2-11H,1H3;2-8H,1H3;4-5,8H,2-3,6-7H2,1H3;4-6H,1-3H3;4-5H,1-3H3;2*3-5H,1-2H3;2-6H,1H2;2-6H,1H3;6-7H,1-5H3;3*1H4. The van der Waals surface area contributed by atoms with Crippen molar-refractivity contribution in [1.29, 1.82) is 0 Å². The van der Waals surface area contributed by atoms with E-state index in [-0.39, 0.29) is 30.2 Å². The SMILES string of the molecule is C.C.C.C=Nc1ccccc1.CC(C)P(C)C(C)C.COc1ccccc1.CP(c1ccccc1)c1ccccc1.Cc1cc(-c2ccncc2)ccn1.Cc1cc(C)nc(C)c1.Cc1cc(N(C)C)ccn1.Cc1cc(N2CCCC2)ccn1.Cc1cccc(C)n1.Cc1ccnc(C)c1. The van der Waals surface area contributed by atoms with E-state index in [1.165, 1.54) is 70.2 Å². The summed E-state index contributed by atoms with van der Waals surface area (Å²) >= 11 is 0. The smallest absolute Gasteiger partial charge is 0.118 e. The molecule has 7 aromatic heterocycles. The van der Waals surface area contributed by atoms with E-state index < -0.39 is 0 Å². The molecule has 0 unspecified atom stereocenters. The van der Waals surface area contributed by atoms with Crippen molar-refractivity contribution in [1.82, 2.24) is 34.9 Å². The molecule has 0 spiro atoms. The fraction of sp³-hybridized carbons (Fsp3) is 0.318. The Kier molecular flexibility index (Phi) is 48.9. The predicted molar refractivity (Wildman–Crippen MR) is 449 cm³/mol. The van der Waals surface area contributed by atoms with Crippen LogP contribution in [0.15, 0.2) is 254 Å². The Morgan fingerprint density at radius 1 is 0.426 bits per heavy atom. The van der Waals surface area contributed by atoms with Crippen molar-refractivity contribution in [3.05, 3.63) is 306 Å². The average molecular weight is 1400 g/mol. The lowest BCUT2D eigenvalue weighted by Gasteiger charge is -2.19. The van der Waals surface area contributed by atoms with Crippen LogP contribution in [-0.2, 0) is 0 Å². The van der Waals surface area contributed by atoms with Crippen molar-refractivity contribution >= 4 is 50.2 Å². The van der Waals surface area contributed by atoms with Crippen molar-refractivity contribution in [3.8, 4) is 16.9 Å². The lowest BCUT2D eigenvalue weighted by molar-refractivity contribution is 0.415. The van der Waals surface area contributed by atoms with Crippen LogP contribution in [0.4, 0.5) is 17.1 Å². The highest BCUT2D eigenvalue weighted by Crippen LogP contribution is 2.41. The highest BCUT2D eigenvalue weighted by molar-refractivity contribution is 7.72. The van der Waals surface area contributed by atoms with E-state index >= 15 is 0 Å². The molecule has 4 aromatic carbocycles. The lowest BCUT2D eigenvalue weighted by Crippen LogP contribution is -2.17. The summed E-state index contributed by atoms with van der Waals surface area (Å²) in [6.45, 7) is 39.9. The first kappa shape index (κ1) is 91.9. The fourth-order valence-electron chi connectivity index (χ4n) is 9.33. The number of pyridine rings is 7. The van der Waals surface area contributed by atoms with Gasteiger partial charge in [0.2, 0.25) is 0 Å². The monoisotopic (exact) mass is 1400 g/mol. The number of benzene rings is 4. The van der Waals surface area contributed by atoms with Crippen LogP contribution >= 0.6 is 15.8 Å². The topological polar surface area (TPSA) is 118 Å². The van der Waals surface area contributed by atoms with Gasteiger partial charge in [-0.1, -0.05) is 153 Å². The van der Waals surface area contributed by atoms with Crippen molar-refractivity contribution in [2.24, 2.45) is 4.99 Å². The molecule has 0 bridgehead atoms. The molecule has 0 N–H and O–H groups in total. The molecule has 1 saturated heterocycles. The lowest BCUT2D eigenvalue weighted by atomic mass is 10.1. The second kappa shape index (κ2) is 53.7. The molecule has 0 atom stereocenters. The Balaban J connectivity index is 0.00000110. The first-order chi connectivity index (χ1) is 47.0. The molecule has 8 heterocycles. The summed E-state index contributed by atoms with van der Waals surface area (Å²) in [4.78, 5) is 37.1. The van der Waals surface area contributed by atoms with E-state index in [0.717, 1.165) is 68.3 Å². The van der Waals surface area contributed by atoms with E-state index in [0.29, 0.717) is 7.92 Å². The van der Waals surface area contributed by atoms with Crippen LogP contribution in [0.5, 0.6) is 5.75 Å². The van der Waals surface area contributed by atoms with Crippen LogP contribution in [0, 0.1) is 69.2 Å². The number of aliphatic imine (C=N–C) groups is 1. The Bertz CT molecular complexity index is 3680. The minimum atomic E-state index is -0.171. The Labute approximate surface area is 615 Å². The normalized spacial score (nSPS) is 10.3. The number of hydrogen-bond acceptors (Lipinski definition) is 11. The van der Waals surface area contributed by atoms with Gasteiger partial charge in [0.05, 0.1) is 12.8 Å². The summed E-state index contributed by atoms with van der Waals surface area (Å²) < 4.78 is 4.91. The van der Waals surface area contributed by atoms with Crippen LogP contribution < -0.4 is 25.1 Å². The molecular weight excluding hydrogens is 1270 g/mol. The highest BCUT2D eigenvalue weighted by atomic mass is 31.1. The van der Waals surface area contributed by atoms with Crippen LogP contribution in [0.2, 0.25) is 0 Å². The summed E-state index contributed by atoms with van der Waals surface area (Å²) in [6.07, 6.45) is 13.6. The first-order valence-corrected chi connectivity index (χ1v) is 37.2. The molecule has 0 radical (unpaired) electrons. The van der Waals surface area contributed by atoms with Gasteiger partial charge in [0.15, 0.2) is 0 Å². The largest absolute Gasteiger partial charge is 0.497 e. The Hall–Kier alpha value is -9.14. The first-order valence-electron chi connectivity index (χ1n) is 33.5. The van der Waals surface area contributed by atoms with Gasteiger partial charge in [-0.15, -0.1) is 7.92 Å². The van der Waals surface area contributed by atoms with Crippen LogP contribution in [0.25, 0.3) is 11.1 Å². The van der Waals surface area contributed by atoms with Gasteiger partial charge in [-0.3, -0.25) is 39.9 Å². The molecule has 0 amide bonds. The number of rotatable bonds is 9. The van der Waals surface area contributed by atoms with Crippen molar-refractivity contribution in [2.75, 3.05) is 57.4 Å². The maximum atomic E-state index is 4.91. The van der Waals surface area contributed by atoms with E-state index in [1.807, 2.05) is 203 Å². The molecule has 1 fully saturated rings. The molecule has 11 nitrogen and oxygen atoms in total. The summed E-state index contributed by atoms with van der Waals surface area (Å²) in [5.74, 6) is 0.910. The Morgan fingerprint density at radius 2 is 0.832 bits per heavy atom. The van der Waals surface area contributed by atoms with Gasteiger partial charge in [-0.25, -0.2) is 0 Å². The van der Waals surface area contributed by atoms with E-state index in [4.69, 9.17) is 4.74 Å². The minimum Gasteiger partial charge on any atom is -0.497 e. The molecule has 101 heavy (non-hydrogen) atoms. The van der Waals surface area contributed by atoms with Gasteiger partial charge in [0, 0.05) is 121 Å². The average Bonchev–Trinajstić information content (AvgIpc) is 1.78. The van der Waals surface area contributed by atoms with Crippen molar-refractivity contribution in [2.45, 2.75) is 143 Å². The number of nitrogens with zero attached hydrogens (tertiary/aromatic N) is 10. The second-order valence-electron chi connectivity index (χ2n) is 24.2. The van der Waals surface area contributed by atoms with Gasteiger partial charge < -0.3 is 14.5 Å².